The summed E-state index contributed by atoms with van der Waals surface area (Å²) in [4.78, 5) is 39.3. The van der Waals surface area contributed by atoms with Gasteiger partial charge >= 0.3 is 5.97 Å². The second-order valence-electron chi connectivity index (χ2n) is 7.12. The lowest BCUT2D eigenvalue weighted by Gasteiger charge is -2.24. The third kappa shape index (κ3) is 5.55. The Labute approximate surface area is 168 Å². The van der Waals surface area contributed by atoms with E-state index in [9.17, 15) is 24.6 Å². The summed E-state index contributed by atoms with van der Waals surface area (Å²) in [5.41, 5.74) is 7.77. The Morgan fingerprint density at radius 2 is 1.86 bits per heavy atom. The Kier molecular flexibility index (Phi) is 7.74. The van der Waals surface area contributed by atoms with Crippen LogP contribution in [0.3, 0.4) is 0 Å². The zero-order valence-corrected chi connectivity index (χ0v) is 16.5. The molecule has 0 radical (unpaired) electrons. The van der Waals surface area contributed by atoms with E-state index in [1.807, 2.05) is 31.2 Å². The topological polar surface area (TPSA) is 158 Å². The van der Waals surface area contributed by atoms with Crippen LogP contribution in [0.1, 0.15) is 25.8 Å². The number of aliphatic hydroxyl groups is 1. The molecule has 1 aromatic heterocycles. The number of aromatic nitrogens is 1. The molecular weight excluding hydrogens is 376 g/mol. The average Bonchev–Trinajstić information content (AvgIpc) is 3.11. The molecule has 0 bridgehead atoms. The number of carboxylic acids is 1. The van der Waals surface area contributed by atoms with Gasteiger partial charge < -0.3 is 31.6 Å². The van der Waals surface area contributed by atoms with Gasteiger partial charge in [0.25, 0.3) is 0 Å². The highest BCUT2D eigenvalue weighted by molar-refractivity contribution is 5.92. The molecule has 1 aromatic carbocycles. The Balaban J connectivity index is 2.00. The number of hydrogen-bond acceptors (Lipinski definition) is 5. The summed E-state index contributed by atoms with van der Waals surface area (Å²) in [6.45, 7) is 2.83. The average molecular weight is 404 g/mol. The minimum atomic E-state index is -1.29. The molecule has 0 aliphatic carbocycles. The predicted octanol–water partition coefficient (Wildman–Crippen LogP) is 0.130. The van der Waals surface area contributed by atoms with E-state index in [1.54, 1.807) is 13.1 Å². The number of aliphatic carboxylic acids is 1. The third-order valence-electron chi connectivity index (χ3n) is 5.04. The number of aromatic amines is 1. The first-order valence-electron chi connectivity index (χ1n) is 9.53. The quantitative estimate of drug-likeness (QED) is 0.330. The zero-order chi connectivity index (χ0) is 21.6. The van der Waals surface area contributed by atoms with Gasteiger partial charge in [-0.1, -0.05) is 38.5 Å². The normalized spacial score (nSPS) is 15.3. The summed E-state index contributed by atoms with van der Waals surface area (Å²) >= 11 is 0. The fraction of sp³-hybridized carbons (Fsp3) is 0.450. The monoisotopic (exact) mass is 404 g/mol. The van der Waals surface area contributed by atoms with Crippen LogP contribution in [0.2, 0.25) is 0 Å². The molecule has 0 saturated heterocycles. The van der Waals surface area contributed by atoms with Gasteiger partial charge in [0.1, 0.15) is 12.1 Å². The van der Waals surface area contributed by atoms with Gasteiger partial charge in [-0.2, -0.15) is 0 Å². The van der Waals surface area contributed by atoms with Crippen molar-refractivity contribution in [3.05, 3.63) is 36.0 Å². The number of nitrogens with one attached hydrogen (secondary N) is 3. The van der Waals surface area contributed by atoms with Crippen molar-refractivity contribution in [2.45, 2.75) is 44.8 Å². The number of rotatable bonds is 10. The van der Waals surface area contributed by atoms with E-state index in [2.05, 4.69) is 15.6 Å². The second kappa shape index (κ2) is 10.0. The molecule has 0 fully saturated rings. The Morgan fingerprint density at radius 1 is 1.17 bits per heavy atom. The minimum Gasteiger partial charge on any atom is -0.480 e. The molecule has 0 aliphatic rings. The number of nitrogens with two attached hydrogens (primary N) is 1. The van der Waals surface area contributed by atoms with Crippen LogP contribution in [0.15, 0.2) is 30.5 Å². The molecule has 2 aromatic rings. The number of carboxylic acid groups (broad SMARTS) is 1. The van der Waals surface area contributed by atoms with Crippen LogP contribution < -0.4 is 16.4 Å². The fourth-order valence-electron chi connectivity index (χ4n) is 3.04. The third-order valence-corrected chi connectivity index (χ3v) is 5.04. The first-order valence-corrected chi connectivity index (χ1v) is 9.53. The van der Waals surface area contributed by atoms with Crippen molar-refractivity contribution in [3.63, 3.8) is 0 Å². The smallest absolute Gasteiger partial charge is 0.326 e. The molecule has 4 atom stereocenters. The molecule has 9 heteroatoms. The van der Waals surface area contributed by atoms with Crippen molar-refractivity contribution in [2.24, 2.45) is 11.7 Å². The van der Waals surface area contributed by atoms with Gasteiger partial charge in [0.05, 0.1) is 12.6 Å². The standard InChI is InChI=1S/C20H28N4O5/c1-3-11(2)17(20(28)29)24-19(27)16(10-25)23-18(26)14(21)8-12-9-22-15-7-5-4-6-13(12)15/h4-7,9,11,14,16-17,22,25H,3,8,10,21H2,1-2H3,(H,23,26)(H,24,27)(H,28,29). The molecular formula is C20H28N4O5. The van der Waals surface area contributed by atoms with Crippen LogP contribution in [-0.4, -0.2) is 57.7 Å². The Morgan fingerprint density at radius 3 is 2.48 bits per heavy atom. The maximum Gasteiger partial charge on any atom is 0.326 e. The van der Waals surface area contributed by atoms with E-state index < -0.39 is 42.5 Å². The van der Waals surface area contributed by atoms with E-state index >= 15 is 0 Å². The Hall–Kier alpha value is -2.91. The van der Waals surface area contributed by atoms with Crippen LogP contribution in [0, 0.1) is 5.92 Å². The van der Waals surface area contributed by atoms with Gasteiger partial charge in [0, 0.05) is 17.1 Å². The number of benzene rings is 1. The van der Waals surface area contributed by atoms with Crippen LogP contribution in [0.25, 0.3) is 10.9 Å². The van der Waals surface area contributed by atoms with Crippen molar-refractivity contribution < 1.29 is 24.6 Å². The lowest BCUT2D eigenvalue weighted by atomic mass is 9.99. The number of fused-ring (bicyclic) bond motifs is 1. The number of H-pyrrole nitrogens is 1. The van der Waals surface area contributed by atoms with Gasteiger partial charge in [-0.25, -0.2) is 4.79 Å². The molecule has 0 aliphatic heterocycles. The van der Waals surface area contributed by atoms with E-state index in [4.69, 9.17) is 5.73 Å². The van der Waals surface area contributed by atoms with Crippen molar-refractivity contribution in [1.82, 2.24) is 15.6 Å². The summed E-state index contributed by atoms with van der Waals surface area (Å²) in [6, 6.07) is 4.25. The van der Waals surface area contributed by atoms with Gasteiger partial charge in [0.2, 0.25) is 11.8 Å². The number of amides is 2. The highest BCUT2D eigenvalue weighted by Crippen LogP contribution is 2.18. The van der Waals surface area contributed by atoms with Crippen molar-refractivity contribution in [2.75, 3.05) is 6.61 Å². The number of hydrogen-bond donors (Lipinski definition) is 6. The van der Waals surface area contributed by atoms with Crippen LogP contribution in [-0.2, 0) is 20.8 Å². The van der Waals surface area contributed by atoms with Crippen molar-refractivity contribution in [1.29, 1.82) is 0 Å². The predicted molar refractivity (Wildman–Crippen MR) is 108 cm³/mol. The van der Waals surface area contributed by atoms with Crippen LogP contribution >= 0.6 is 0 Å². The van der Waals surface area contributed by atoms with Crippen molar-refractivity contribution in [3.8, 4) is 0 Å². The molecule has 0 spiro atoms. The molecule has 158 valence electrons. The molecule has 2 rings (SSSR count). The number of carbonyl (C=O) groups is 3. The molecule has 1 heterocycles. The Bertz CT molecular complexity index is 865. The molecule has 0 saturated carbocycles. The van der Waals surface area contributed by atoms with Gasteiger partial charge in [-0.15, -0.1) is 0 Å². The highest BCUT2D eigenvalue weighted by Gasteiger charge is 2.30. The first kappa shape index (κ1) is 22.4. The van der Waals surface area contributed by atoms with E-state index in [0.717, 1.165) is 16.5 Å². The molecule has 7 N–H and O–H groups in total. The van der Waals surface area contributed by atoms with Crippen LogP contribution in [0.4, 0.5) is 0 Å². The van der Waals surface area contributed by atoms with Crippen molar-refractivity contribution >= 4 is 28.7 Å². The number of aliphatic hydroxyl groups excluding tert-OH is 1. The maximum absolute atomic E-state index is 12.4. The SMILES string of the molecule is CCC(C)C(NC(=O)C(CO)NC(=O)C(N)Cc1c[nH]c2ccccc12)C(=O)O. The fourth-order valence-corrected chi connectivity index (χ4v) is 3.04. The van der Waals surface area contributed by atoms with Gasteiger partial charge in [0.15, 0.2) is 0 Å². The van der Waals surface area contributed by atoms with Crippen LogP contribution in [0.5, 0.6) is 0 Å². The summed E-state index contributed by atoms with van der Waals surface area (Å²) in [6.07, 6.45) is 2.56. The first-order chi connectivity index (χ1) is 13.8. The van der Waals surface area contributed by atoms with Gasteiger partial charge in [-0.05, 0) is 24.0 Å². The summed E-state index contributed by atoms with van der Waals surface area (Å²) in [5.74, 6) is -2.87. The maximum atomic E-state index is 12.4. The van der Waals surface area contributed by atoms with E-state index in [1.165, 1.54) is 0 Å². The van der Waals surface area contributed by atoms with E-state index in [0.29, 0.717) is 6.42 Å². The summed E-state index contributed by atoms with van der Waals surface area (Å²) in [7, 11) is 0. The molecule has 9 nitrogen and oxygen atoms in total. The summed E-state index contributed by atoms with van der Waals surface area (Å²) < 4.78 is 0. The molecule has 29 heavy (non-hydrogen) atoms. The second-order valence-corrected chi connectivity index (χ2v) is 7.12. The van der Waals surface area contributed by atoms with Gasteiger partial charge in [-0.3, -0.25) is 9.59 Å². The zero-order valence-electron chi connectivity index (χ0n) is 16.5. The lowest BCUT2D eigenvalue weighted by molar-refractivity contribution is -0.144. The minimum absolute atomic E-state index is 0.236. The van der Waals surface area contributed by atoms with E-state index in [-0.39, 0.29) is 12.3 Å². The lowest BCUT2D eigenvalue weighted by Crippen LogP contribution is -2.57. The number of para-hydroxylation sites is 1. The highest BCUT2D eigenvalue weighted by atomic mass is 16.4. The number of carbonyl (C=O) groups excluding carboxylic acids is 2. The molecule has 4 unspecified atom stereocenters. The summed E-state index contributed by atoms with van der Waals surface area (Å²) in [5, 5.41) is 24.5. The molecule has 2 amide bonds. The largest absolute Gasteiger partial charge is 0.480 e.